The van der Waals surface area contributed by atoms with E-state index in [1.807, 2.05) is 0 Å². The van der Waals surface area contributed by atoms with Gasteiger partial charge in [0, 0.05) is 38.8 Å². The summed E-state index contributed by atoms with van der Waals surface area (Å²) < 4.78 is 0. The van der Waals surface area contributed by atoms with E-state index < -0.39 is 5.41 Å². The Hall–Kier alpha value is -10.1. The maximum absolute atomic E-state index is 5.77. The molecule has 3 heteroatoms. The highest BCUT2D eigenvalue weighted by Gasteiger charge is 2.53. The Bertz CT molecular complexity index is 4110. The monoisotopic (exact) mass is 977 g/mol. The molecule has 0 amide bonds. The average molecular weight is 978 g/mol. The Morgan fingerprint density at radius 2 is 0.571 bits per heavy atom. The van der Waals surface area contributed by atoms with Crippen molar-refractivity contribution in [3.63, 3.8) is 0 Å². The molecule has 13 aromatic rings. The zero-order valence-corrected chi connectivity index (χ0v) is 42.0. The Labute approximate surface area is 448 Å². The van der Waals surface area contributed by atoms with Crippen LogP contribution in [0.3, 0.4) is 0 Å². The highest BCUT2D eigenvalue weighted by molar-refractivity contribution is 6.07. The van der Waals surface area contributed by atoms with Crippen LogP contribution in [0.15, 0.2) is 285 Å². The van der Waals surface area contributed by atoms with Gasteiger partial charge in [0.2, 0.25) is 0 Å². The number of fused-ring (bicyclic) bond motifs is 12. The third-order valence-corrected chi connectivity index (χ3v) is 15.9. The Morgan fingerprint density at radius 1 is 0.221 bits per heavy atom. The minimum Gasteiger partial charge on any atom is -0.247 e. The minimum absolute atomic E-state index is 0.501. The molecule has 15 rings (SSSR count). The van der Waals surface area contributed by atoms with Crippen LogP contribution in [0.2, 0.25) is 0 Å². The standard InChI is InChI=1S/C74H47N3/c1-5-21-48(22-6-1)54-41-55(49-23-7-2-8-24-49)44-58(43-54)68-47-69(59-45-56(50-25-9-3-10-26-50)42-57(46-59)51-27-11-4-12-28-51)76-73(75-68)53-39-37-52(38-40-53)71-63-32-14-13-31-62(63)70-72(77-71)64-33-17-20-36-67(64)74(70)65-34-18-15-29-60(65)61-30-16-19-35-66(61)74/h1-47H. The molecule has 0 saturated carbocycles. The third-order valence-electron chi connectivity index (χ3n) is 15.9. The zero-order chi connectivity index (χ0) is 50.9. The van der Waals surface area contributed by atoms with E-state index in [1.165, 1.54) is 44.3 Å². The predicted molar refractivity (Wildman–Crippen MR) is 317 cm³/mol. The van der Waals surface area contributed by atoms with Gasteiger partial charge in [-0.25, -0.2) is 15.0 Å². The predicted octanol–water partition coefficient (Wildman–Crippen LogP) is 18.7. The summed E-state index contributed by atoms with van der Waals surface area (Å²) in [7, 11) is 0. The van der Waals surface area contributed by atoms with Crippen molar-refractivity contribution in [2.45, 2.75) is 5.41 Å². The number of hydrogen-bond acceptors (Lipinski definition) is 3. The van der Waals surface area contributed by atoms with Crippen molar-refractivity contribution in [2.75, 3.05) is 0 Å². The molecule has 2 heterocycles. The van der Waals surface area contributed by atoms with Gasteiger partial charge in [-0.1, -0.05) is 243 Å². The van der Waals surface area contributed by atoms with Gasteiger partial charge in [0.15, 0.2) is 5.82 Å². The maximum Gasteiger partial charge on any atom is 0.160 e. The van der Waals surface area contributed by atoms with Crippen LogP contribution in [0, 0.1) is 0 Å². The number of hydrogen-bond donors (Lipinski definition) is 0. The molecule has 0 radical (unpaired) electrons. The van der Waals surface area contributed by atoms with E-state index in [0.717, 1.165) is 94.9 Å². The summed E-state index contributed by atoms with van der Waals surface area (Å²) in [5.41, 5.74) is 25.1. The van der Waals surface area contributed by atoms with Crippen molar-refractivity contribution in [1.29, 1.82) is 0 Å². The highest BCUT2D eigenvalue weighted by Crippen LogP contribution is 2.64. The molecule has 2 aliphatic rings. The van der Waals surface area contributed by atoms with Gasteiger partial charge in [-0.15, -0.1) is 0 Å². The summed E-state index contributed by atoms with van der Waals surface area (Å²) in [6.07, 6.45) is 0. The lowest BCUT2D eigenvalue weighted by molar-refractivity contribution is 0.799. The molecule has 358 valence electrons. The number of nitrogens with zero attached hydrogens (tertiary/aromatic N) is 3. The van der Waals surface area contributed by atoms with E-state index in [9.17, 15) is 0 Å². The highest BCUT2D eigenvalue weighted by atomic mass is 14.9. The van der Waals surface area contributed by atoms with Crippen molar-refractivity contribution < 1.29 is 0 Å². The number of rotatable bonds is 8. The van der Waals surface area contributed by atoms with Crippen molar-refractivity contribution in [1.82, 2.24) is 15.0 Å². The van der Waals surface area contributed by atoms with Crippen LogP contribution in [-0.4, -0.2) is 15.0 Å². The topological polar surface area (TPSA) is 38.7 Å². The van der Waals surface area contributed by atoms with Crippen LogP contribution in [0.1, 0.15) is 22.3 Å². The third kappa shape index (κ3) is 7.31. The van der Waals surface area contributed by atoms with Crippen molar-refractivity contribution in [3.8, 4) is 112 Å². The van der Waals surface area contributed by atoms with Gasteiger partial charge in [0.05, 0.1) is 28.2 Å². The van der Waals surface area contributed by atoms with Crippen LogP contribution in [0.25, 0.3) is 123 Å². The summed E-state index contributed by atoms with van der Waals surface area (Å²) >= 11 is 0. The van der Waals surface area contributed by atoms with Gasteiger partial charge < -0.3 is 0 Å². The SMILES string of the molecule is c1ccc(-c2cc(-c3ccccc3)cc(-c3cc(-c4cc(-c5ccccc5)cc(-c5ccccc5)c4)nc(-c4ccc(-c5nc6c(c7ccccc57)C5(c7ccccc7-c7ccccc75)c5ccccc5-6)cc4)n3)c2)cc1. The Morgan fingerprint density at radius 3 is 1.03 bits per heavy atom. The first-order valence-electron chi connectivity index (χ1n) is 26.4. The summed E-state index contributed by atoms with van der Waals surface area (Å²) in [5, 5.41) is 2.33. The molecule has 2 aliphatic carbocycles. The second-order valence-electron chi connectivity index (χ2n) is 20.2. The second-order valence-corrected chi connectivity index (χ2v) is 20.2. The molecule has 0 bridgehead atoms. The van der Waals surface area contributed by atoms with Crippen LogP contribution in [0.4, 0.5) is 0 Å². The van der Waals surface area contributed by atoms with Gasteiger partial charge >= 0.3 is 0 Å². The van der Waals surface area contributed by atoms with E-state index in [0.29, 0.717) is 5.82 Å². The van der Waals surface area contributed by atoms with E-state index >= 15 is 0 Å². The summed E-state index contributed by atoms with van der Waals surface area (Å²) in [4.78, 5) is 16.8. The van der Waals surface area contributed by atoms with Gasteiger partial charge in [-0.3, -0.25) is 0 Å². The number of aromatic nitrogens is 3. The molecule has 0 fully saturated rings. The van der Waals surface area contributed by atoms with E-state index in [-0.39, 0.29) is 0 Å². The lowest BCUT2D eigenvalue weighted by Gasteiger charge is -2.31. The van der Waals surface area contributed by atoms with Crippen LogP contribution < -0.4 is 0 Å². The lowest BCUT2D eigenvalue weighted by atomic mass is 9.69. The maximum atomic E-state index is 5.77. The summed E-state index contributed by atoms with van der Waals surface area (Å²) in [6, 6.07) is 103. The normalized spacial score (nSPS) is 12.5. The molecule has 0 atom stereocenters. The first-order chi connectivity index (χ1) is 38.2. The molecule has 1 spiro atoms. The van der Waals surface area contributed by atoms with E-state index in [2.05, 4.69) is 285 Å². The fourth-order valence-electron chi connectivity index (χ4n) is 12.4. The average Bonchev–Trinajstić information content (AvgIpc) is 4.21. The molecule has 2 aromatic heterocycles. The fraction of sp³-hybridized carbons (Fsp3) is 0.0135. The molecule has 0 aliphatic heterocycles. The molecule has 0 saturated heterocycles. The quantitative estimate of drug-likeness (QED) is 0.152. The molecule has 3 nitrogen and oxygen atoms in total. The van der Waals surface area contributed by atoms with Crippen LogP contribution in [0.5, 0.6) is 0 Å². The number of benzene rings is 11. The van der Waals surface area contributed by atoms with Crippen LogP contribution in [-0.2, 0) is 5.41 Å². The van der Waals surface area contributed by atoms with E-state index in [1.54, 1.807) is 0 Å². The fourth-order valence-corrected chi connectivity index (χ4v) is 12.4. The van der Waals surface area contributed by atoms with E-state index in [4.69, 9.17) is 15.0 Å². The molecule has 77 heavy (non-hydrogen) atoms. The summed E-state index contributed by atoms with van der Waals surface area (Å²) in [6.45, 7) is 0. The molecular formula is C74H47N3. The Balaban J connectivity index is 0.918. The Kier molecular flexibility index (Phi) is 10.4. The largest absolute Gasteiger partial charge is 0.247 e. The number of pyridine rings is 1. The second kappa shape index (κ2) is 18.1. The van der Waals surface area contributed by atoms with Crippen molar-refractivity contribution in [2.24, 2.45) is 0 Å². The molecular weight excluding hydrogens is 931 g/mol. The zero-order valence-electron chi connectivity index (χ0n) is 42.0. The minimum atomic E-state index is -0.501. The van der Waals surface area contributed by atoms with Gasteiger partial charge in [-0.2, -0.15) is 0 Å². The molecule has 0 unspecified atom stereocenters. The van der Waals surface area contributed by atoms with Crippen molar-refractivity contribution >= 4 is 10.8 Å². The van der Waals surface area contributed by atoms with Gasteiger partial charge in [-0.05, 0) is 120 Å². The molecule has 0 N–H and O–H groups in total. The molecule has 11 aromatic carbocycles. The van der Waals surface area contributed by atoms with Crippen LogP contribution >= 0.6 is 0 Å². The summed E-state index contributed by atoms with van der Waals surface area (Å²) in [5.74, 6) is 0.642. The first kappa shape index (κ1) is 44.4. The lowest BCUT2D eigenvalue weighted by Crippen LogP contribution is -2.26. The van der Waals surface area contributed by atoms with Gasteiger partial charge in [0.25, 0.3) is 0 Å². The van der Waals surface area contributed by atoms with Crippen molar-refractivity contribution in [3.05, 3.63) is 307 Å². The van der Waals surface area contributed by atoms with Gasteiger partial charge in [0.1, 0.15) is 0 Å². The first-order valence-corrected chi connectivity index (χ1v) is 26.4. The smallest absolute Gasteiger partial charge is 0.160 e.